The molecule has 3 rings (SSSR count). The van der Waals surface area contributed by atoms with E-state index in [1.807, 2.05) is 6.07 Å². The molecule has 0 saturated carbocycles. The van der Waals surface area contributed by atoms with Crippen LogP contribution in [0.25, 0.3) is 0 Å². The van der Waals surface area contributed by atoms with E-state index in [1.165, 1.54) is 22.9 Å². The number of anilines is 1. The monoisotopic (exact) mass is 450 g/mol. The number of nitrogens with one attached hydrogen (secondary N) is 2. The highest BCUT2D eigenvalue weighted by molar-refractivity contribution is 7.98. The van der Waals surface area contributed by atoms with Gasteiger partial charge in [-0.15, -0.1) is 0 Å². The number of morpholine rings is 1. The summed E-state index contributed by atoms with van der Waals surface area (Å²) in [6.07, 6.45) is 0. The number of carboxylic acid groups (broad SMARTS) is 1. The van der Waals surface area contributed by atoms with Crippen molar-refractivity contribution in [3.63, 3.8) is 0 Å². The molecule has 1 saturated heterocycles. The Morgan fingerprint density at radius 3 is 2.73 bits per heavy atom. The molecule has 1 aliphatic heterocycles. The molecule has 2 aromatic rings. The molecular formula is C20H26N4O4S2. The normalized spacial score (nSPS) is 14.5. The van der Waals surface area contributed by atoms with Gasteiger partial charge in [-0.2, -0.15) is 4.37 Å². The van der Waals surface area contributed by atoms with Crippen molar-refractivity contribution in [2.24, 2.45) is 0 Å². The number of rotatable bonds is 8. The first-order valence-corrected chi connectivity index (χ1v) is 11.5. The summed E-state index contributed by atoms with van der Waals surface area (Å²) in [6, 6.07) is 5.75. The molecule has 0 radical (unpaired) electrons. The lowest BCUT2D eigenvalue weighted by molar-refractivity contribution is 0.0388. The van der Waals surface area contributed by atoms with E-state index in [1.54, 1.807) is 0 Å². The van der Waals surface area contributed by atoms with Gasteiger partial charge >= 0.3 is 12.0 Å². The molecule has 1 aromatic heterocycles. The van der Waals surface area contributed by atoms with Gasteiger partial charge in [-0.3, -0.25) is 10.2 Å². The maximum absolute atomic E-state index is 12.2. The van der Waals surface area contributed by atoms with Gasteiger partial charge in [0.15, 0.2) is 0 Å². The lowest BCUT2D eigenvalue weighted by Gasteiger charge is -2.26. The second-order valence-electron chi connectivity index (χ2n) is 7.04. The van der Waals surface area contributed by atoms with Gasteiger partial charge in [0, 0.05) is 31.9 Å². The van der Waals surface area contributed by atoms with E-state index in [4.69, 9.17) is 4.74 Å². The van der Waals surface area contributed by atoms with E-state index >= 15 is 0 Å². The van der Waals surface area contributed by atoms with Crippen LogP contribution in [0, 0.1) is 13.8 Å². The van der Waals surface area contributed by atoms with Crippen LogP contribution in [0.5, 0.6) is 0 Å². The van der Waals surface area contributed by atoms with E-state index < -0.39 is 12.0 Å². The number of thioether (sulfide) groups is 1. The highest BCUT2D eigenvalue weighted by Gasteiger charge is 2.22. The summed E-state index contributed by atoms with van der Waals surface area (Å²) in [5.74, 6) is -0.494. The Kier molecular flexibility index (Phi) is 8.08. The van der Waals surface area contributed by atoms with Crippen molar-refractivity contribution in [2.45, 2.75) is 24.6 Å². The summed E-state index contributed by atoms with van der Waals surface area (Å²) in [7, 11) is 0. The van der Waals surface area contributed by atoms with Gasteiger partial charge < -0.3 is 15.2 Å². The molecule has 2 heterocycles. The van der Waals surface area contributed by atoms with Crippen molar-refractivity contribution in [1.29, 1.82) is 0 Å². The minimum absolute atomic E-state index is 0.0390. The Labute approximate surface area is 184 Å². The van der Waals surface area contributed by atoms with Crippen LogP contribution >= 0.6 is 23.3 Å². The zero-order valence-corrected chi connectivity index (χ0v) is 18.7. The lowest BCUT2D eigenvalue weighted by Crippen LogP contribution is -2.42. The van der Waals surface area contributed by atoms with E-state index in [0.29, 0.717) is 30.5 Å². The molecule has 0 spiro atoms. The molecule has 3 N–H and O–H groups in total. The zero-order valence-electron chi connectivity index (χ0n) is 17.1. The summed E-state index contributed by atoms with van der Waals surface area (Å²) >= 11 is 2.34. The first kappa shape index (κ1) is 22.5. The third-order valence-electron chi connectivity index (χ3n) is 4.87. The molecule has 0 atom stereocenters. The molecule has 1 aromatic carbocycles. The van der Waals surface area contributed by atoms with Crippen LogP contribution in [0.2, 0.25) is 0 Å². The fourth-order valence-corrected chi connectivity index (χ4v) is 4.88. The maximum Gasteiger partial charge on any atom is 0.341 e. The maximum atomic E-state index is 12.2. The van der Waals surface area contributed by atoms with Crippen LogP contribution in [0.1, 0.15) is 27.0 Å². The molecule has 0 unspecified atom stereocenters. The Morgan fingerprint density at radius 2 is 2.03 bits per heavy atom. The van der Waals surface area contributed by atoms with Crippen LogP contribution < -0.4 is 10.6 Å². The summed E-state index contributed by atoms with van der Waals surface area (Å²) in [5.41, 5.74) is 3.55. The first-order chi connectivity index (χ1) is 14.4. The van der Waals surface area contributed by atoms with Crippen molar-refractivity contribution in [3.8, 4) is 0 Å². The van der Waals surface area contributed by atoms with Gasteiger partial charge in [0.25, 0.3) is 0 Å². The van der Waals surface area contributed by atoms with Crippen LogP contribution in [0.4, 0.5) is 9.80 Å². The summed E-state index contributed by atoms with van der Waals surface area (Å²) in [6.45, 7) is 8.41. The van der Waals surface area contributed by atoms with Gasteiger partial charge in [0.1, 0.15) is 15.6 Å². The van der Waals surface area contributed by atoms with Crippen molar-refractivity contribution in [2.75, 3.05) is 44.7 Å². The van der Waals surface area contributed by atoms with Crippen LogP contribution in [0.15, 0.2) is 23.2 Å². The summed E-state index contributed by atoms with van der Waals surface area (Å²) < 4.78 is 9.56. The number of aryl methyl sites for hydroxylation is 2. The van der Waals surface area contributed by atoms with Crippen molar-refractivity contribution >= 4 is 40.3 Å². The number of ether oxygens (including phenoxy) is 1. The topological polar surface area (TPSA) is 104 Å². The average molecular weight is 451 g/mol. The van der Waals surface area contributed by atoms with Crippen LogP contribution in [0.3, 0.4) is 0 Å². The molecule has 2 amide bonds. The second-order valence-corrected chi connectivity index (χ2v) is 8.78. The number of hydrogen-bond donors (Lipinski definition) is 3. The Bertz CT molecular complexity index is 897. The quantitative estimate of drug-likeness (QED) is 0.531. The molecule has 0 bridgehead atoms. The third-order valence-corrected chi connectivity index (χ3v) is 6.79. The number of aromatic carboxylic acids is 1. The molecule has 10 heteroatoms. The van der Waals surface area contributed by atoms with Gasteiger partial charge in [-0.1, -0.05) is 30.0 Å². The predicted octanol–water partition coefficient (Wildman–Crippen LogP) is 3.20. The highest BCUT2D eigenvalue weighted by Crippen LogP contribution is 2.33. The number of benzene rings is 1. The van der Waals surface area contributed by atoms with Gasteiger partial charge in [0.05, 0.1) is 13.2 Å². The molecule has 1 aliphatic rings. The second kappa shape index (κ2) is 10.8. The van der Waals surface area contributed by atoms with Gasteiger partial charge in [-0.25, -0.2) is 9.59 Å². The average Bonchev–Trinajstić information content (AvgIpc) is 3.12. The molecule has 162 valence electrons. The Hall–Kier alpha value is -2.14. The molecule has 8 nitrogen and oxygen atoms in total. The minimum atomic E-state index is -1.10. The van der Waals surface area contributed by atoms with Crippen molar-refractivity contribution in [3.05, 3.63) is 40.5 Å². The fourth-order valence-electron chi connectivity index (χ4n) is 2.99. The van der Waals surface area contributed by atoms with Crippen LogP contribution in [-0.4, -0.2) is 65.8 Å². The van der Waals surface area contributed by atoms with E-state index in [-0.39, 0.29) is 10.6 Å². The van der Waals surface area contributed by atoms with E-state index in [0.717, 1.165) is 36.7 Å². The third kappa shape index (κ3) is 6.18. The minimum Gasteiger partial charge on any atom is -0.477 e. The highest BCUT2D eigenvalue weighted by atomic mass is 32.2. The first-order valence-electron chi connectivity index (χ1n) is 9.71. The Morgan fingerprint density at radius 1 is 1.27 bits per heavy atom. The van der Waals surface area contributed by atoms with Crippen LogP contribution in [-0.2, 0) is 10.5 Å². The zero-order chi connectivity index (χ0) is 21.5. The Balaban J connectivity index is 1.55. The van der Waals surface area contributed by atoms with E-state index in [2.05, 4.69) is 45.9 Å². The molecular weight excluding hydrogens is 424 g/mol. The number of amides is 2. The van der Waals surface area contributed by atoms with E-state index in [9.17, 15) is 14.7 Å². The smallest absolute Gasteiger partial charge is 0.341 e. The number of urea groups is 1. The standard InChI is InChI=1S/C20H26N4O4S2/c1-13-3-4-15(11-14(13)2)12-29-18-16(19(25)26)17(30-23-18)22-20(27)21-5-6-24-7-9-28-10-8-24/h3-4,11H,5-10,12H2,1-2H3,(H,25,26)(H2,21,22,27). The summed E-state index contributed by atoms with van der Waals surface area (Å²) in [5, 5.41) is 15.7. The largest absolute Gasteiger partial charge is 0.477 e. The SMILES string of the molecule is Cc1ccc(CSc2nsc(NC(=O)NCCN3CCOCC3)c2C(=O)O)cc1C. The molecule has 30 heavy (non-hydrogen) atoms. The lowest BCUT2D eigenvalue weighted by atomic mass is 10.1. The molecule has 1 fully saturated rings. The number of aromatic nitrogens is 1. The number of carbonyl (C=O) groups is 2. The number of hydrogen-bond acceptors (Lipinski definition) is 7. The predicted molar refractivity (Wildman–Crippen MR) is 119 cm³/mol. The van der Waals surface area contributed by atoms with Crippen molar-refractivity contribution < 1.29 is 19.4 Å². The molecule has 0 aliphatic carbocycles. The summed E-state index contributed by atoms with van der Waals surface area (Å²) in [4.78, 5) is 26.2. The number of nitrogens with zero attached hydrogens (tertiary/aromatic N) is 2. The van der Waals surface area contributed by atoms with Gasteiger partial charge in [-0.05, 0) is 42.1 Å². The van der Waals surface area contributed by atoms with Gasteiger partial charge in [0.2, 0.25) is 0 Å². The fraction of sp³-hybridized carbons (Fsp3) is 0.450. The van der Waals surface area contributed by atoms with Crippen molar-refractivity contribution in [1.82, 2.24) is 14.6 Å². The number of carboxylic acids is 1. The number of carbonyl (C=O) groups excluding carboxylic acids is 1.